The van der Waals surface area contributed by atoms with Crippen LogP contribution in [0.2, 0.25) is 0 Å². The van der Waals surface area contributed by atoms with Crippen molar-refractivity contribution in [1.29, 1.82) is 0 Å². The molecule has 0 amide bonds. The molecule has 3 rings (SSSR count). The van der Waals surface area contributed by atoms with Crippen molar-refractivity contribution in [3.8, 4) is 11.6 Å². The topological polar surface area (TPSA) is 61.0 Å². The van der Waals surface area contributed by atoms with Gasteiger partial charge in [0.1, 0.15) is 5.75 Å². The summed E-state index contributed by atoms with van der Waals surface area (Å²) in [4.78, 5) is 8.13. The fraction of sp³-hybridized carbons (Fsp3) is 0.0667. The summed E-state index contributed by atoms with van der Waals surface area (Å²) in [5, 5.41) is 0.917. The third-order valence-corrected chi connectivity index (χ3v) is 2.94. The van der Waals surface area contributed by atoms with Gasteiger partial charge in [-0.2, -0.15) is 0 Å². The number of para-hydroxylation sites is 1. The van der Waals surface area contributed by atoms with Crippen LogP contribution < -0.4 is 10.5 Å². The molecule has 20 heavy (non-hydrogen) atoms. The number of hydrogen-bond acceptors (Lipinski definition) is 4. The van der Waals surface area contributed by atoms with Crippen molar-refractivity contribution in [2.45, 2.75) is 6.54 Å². The Kier molecular flexibility index (Phi) is 3.26. The van der Waals surface area contributed by atoms with Crippen LogP contribution in [0.1, 0.15) is 5.56 Å². The number of fused-ring (bicyclic) bond motifs is 1. The number of benzene rings is 1. The molecule has 0 aliphatic carbocycles. The SMILES string of the molecule is NCc1ccnc(Oc2cnc3ccccc3c2)c1F. The zero-order valence-electron chi connectivity index (χ0n) is 10.6. The lowest BCUT2D eigenvalue weighted by Gasteiger charge is -2.08. The standard InChI is InChI=1S/C15H12FN3O/c16-14-11(8-17)5-6-18-15(14)20-12-7-10-3-1-2-4-13(10)19-9-12/h1-7,9H,8,17H2. The molecular formula is C15H12FN3O. The number of pyridine rings is 2. The van der Waals surface area contributed by atoms with Crippen LogP contribution in [-0.4, -0.2) is 9.97 Å². The number of halogens is 1. The maximum atomic E-state index is 14.0. The van der Waals surface area contributed by atoms with Gasteiger partial charge in [-0.3, -0.25) is 4.98 Å². The molecule has 0 saturated heterocycles. The highest BCUT2D eigenvalue weighted by Crippen LogP contribution is 2.25. The Morgan fingerprint density at radius 3 is 2.85 bits per heavy atom. The molecule has 0 radical (unpaired) electrons. The van der Waals surface area contributed by atoms with Crippen molar-refractivity contribution < 1.29 is 9.13 Å². The Hall–Kier alpha value is -2.53. The minimum absolute atomic E-state index is 0.0926. The first-order chi connectivity index (χ1) is 9.78. The van der Waals surface area contributed by atoms with Crippen LogP contribution >= 0.6 is 0 Å². The number of hydrogen-bond donors (Lipinski definition) is 1. The predicted octanol–water partition coefficient (Wildman–Crippen LogP) is 3.02. The second-order valence-electron chi connectivity index (χ2n) is 4.26. The van der Waals surface area contributed by atoms with Crippen molar-refractivity contribution in [3.63, 3.8) is 0 Å². The van der Waals surface area contributed by atoms with Crippen LogP contribution in [-0.2, 0) is 6.54 Å². The summed E-state index contributed by atoms with van der Waals surface area (Å²) in [7, 11) is 0. The average molecular weight is 269 g/mol. The molecule has 100 valence electrons. The maximum Gasteiger partial charge on any atom is 0.256 e. The molecule has 0 aliphatic heterocycles. The molecule has 0 unspecified atom stereocenters. The lowest BCUT2D eigenvalue weighted by Crippen LogP contribution is -2.02. The van der Waals surface area contributed by atoms with Gasteiger partial charge >= 0.3 is 0 Å². The molecule has 4 nitrogen and oxygen atoms in total. The van der Waals surface area contributed by atoms with Gasteiger partial charge in [0.05, 0.1) is 11.7 Å². The van der Waals surface area contributed by atoms with Gasteiger partial charge in [0.2, 0.25) is 0 Å². The van der Waals surface area contributed by atoms with Crippen LogP contribution in [0.15, 0.2) is 48.8 Å². The van der Waals surface area contributed by atoms with Crippen LogP contribution in [0.25, 0.3) is 10.9 Å². The minimum Gasteiger partial charge on any atom is -0.435 e. The van der Waals surface area contributed by atoms with E-state index in [0.29, 0.717) is 11.3 Å². The summed E-state index contributed by atoms with van der Waals surface area (Å²) >= 11 is 0. The maximum absolute atomic E-state index is 14.0. The summed E-state index contributed by atoms with van der Waals surface area (Å²) in [6.45, 7) is 0.0979. The first-order valence-electron chi connectivity index (χ1n) is 6.14. The Labute approximate surface area is 115 Å². The number of rotatable bonds is 3. The lowest BCUT2D eigenvalue weighted by molar-refractivity contribution is 0.418. The zero-order chi connectivity index (χ0) is 13.9. The predicted molar refractivity (Wildman–Crippen MR) is 73.9 cm³/mol. The fourth-order valence-corrected chi connectivity index (χ4v) is 1.91. The monoisotopic (exact) mass is 269 g/mol. The van der Waals surface area contributed by atoms with E-state index in [1.165, 1.54) is 12.3 Å². The molecule has 0 fully saturated rings. The molecule has 0 bridgehead atoms. The molecular weight excluding hydrogens is 257 g/mol. The molecule has 3 aromatic rings. The Balaban J connectivity index is 1.97. The van der Waals surface area contributed by atoms with Gasteiger partial charge in [0.25, 0.3) is 5.88 Å². The molecule has 2 aromatic heterocycles. The Bertz CT molecular complexity index is 761. The summed E-state index contributed by atoms with van der Waals surface area (Å²) in [6, 6.07) is 10.9. The van der Waals surface area contributed by atoms with E-state index in [1.54, 1.807) is 12.3 Å². The summed E-state index contributed by atoms with van der Waals surface area (Å²) < 4.78 is 19.4. The second-order valence-corrected chi connectivity index (χ2v) is 4.26. The molecule has 0 saturated carbocycles. The van der Waals surface area contributed by atoms with Gasteiger partial charge in [0.15, 0.2) is 5.82 Å². The lowest BCUT2D eigenvalue weighted by atomic mass is 10.2. The van der Waals surface area contributed by atoms with Crippen LogP contribution in [0.5, 0.6) is 11.6 Å². The quantitative estimate of drug-likeness (QED) is 0.794. The van der Waals surface area contributed by atoms with Crippen molar-refractivity contribution >= 4 is 10.9 Å². The van der Waals surface area contributed by atoms with Crippen LogP contribution in [0.4, 0.5) is 4.39 Å². The molecule has 5 heteroatoms. The highest BCUT2D eigenvalue weighted by atomic mass is 19.1. The molecule has 2 N–H and O–H groups in total. The van der Waals surface area contributed by atoms with Crippen molar-refractivity contribution in [2.75, 3.05) is 0 Å². The molecule has 2 heterocycles. The van der Waals surface area contributed by atoms with Crippen LogP contribution in [0, 0.1) is 5.82 Å². The van der Waals surface area contributed by atoms with Gasteiger partial charge in [0, 0.05) is 23.7 Å². The third-order valence-electron chi connectivity index (χ3n) is 2.94. The Morgan fingerprint density at radius 2 is 2.00 bits per heavy atom. The first-order valence-corrected chi connectivity index (χ1v) is 6.14. The molecule has 0 spiro atoms. The van der Waals surface area contributed by atoms with E-state index in [4.69, 9.17) is 10.5 Å². The number of nitrogens with two attached hydrogens (primary N) is 1. The van der Waals surface area contributed by atoms with E-state index in [1.807, 2.05) is 24.3 Å². The molecule has 0 aliphatic rings. The van der Waals surface area contributed by atoms with Gasteiger partial charge in [-0.1, -0.05) is 18.2 Å². The number of aromatic nitrogens is 2. The van der Waals surface area contributed by atoms with Crippen LogP contribution in [0.3, 0.4) is 0 Å². The van der Waals surface area contributed by atoms with Gasteiger partial charge in [-0.25, -0.2) is 9.37 Å². The van der Waals surface area contributed by atoms with Crippen molar-refractivity contribution in [3.05, 3.63) is 60.2 Å². The first kappa shape index (κ1) is 12.5. The molecule has 0 atom stereocenters. The van der Waals surface area contributed by atoms with E-state index >= 15 is 0 Å². The highest BCUT2D eigenvalue weighted by molar-refractivity contribution is 5.79. The van der Waals surface area contributed by atoms with Crippen molar-refractivity contribution in [2.24, 2.45) is 5.73 Å². The largest absolute Gasteiger partial charge is 0.435 e. The summed E-state index contributed by atoms with van der Waals surface area (Å²) in [5.74, 6) is -0.197. The summed E-state index contributed by atoms with van der Waals surface area (Å²) in [5.41, 5.74) is 6.67. The Morgan fingerprint density at radius 1 is 1.15 bits per heavy atom. The normalized spacial score (nSPS) is 10.7. The van der Waals surface area contributed by atoms with Crippen molar-refractivity contribution in [1.82, 2.24) is 9.97 Å². The smallest absolute Gasteiger partial charge is 0.256 e. The highest BCUT2D eigenvalue weighted by Gasteiger charge is 2.11. The van der Waals surface area contributed by atoms with E-state index in [2.05, 4.69) is 9.97 Å². The van der Waals surface area contributed by atoms with Gasteiger partial charge in [-0.15, -0.1) is 0 Å². The summed E-state index contributed by atoms with van der Waals surface area (Å²) in [6.07, 6.45) is 3.01. The van der Waals surface area contributed by atoms with Gasteiger partial charge in [-0.05, 0) is 18.2 Å². The number of ether oxygens (including phenoxy) is 1. The van der Waals surface area contributed by atoms with E-state index in [-0.39, 0.29) is 12.4 Å². The average Bonchev–Trinajstić information content (AvgIpc) is 2.49. The second kappa shape index (κ2) is 5.22. The van der Waals surface area contributed by atoms with Gasteiger partial charge < -0.3 is 10.5 Å². The van der Waals surface area contributed by atoms with E-state index < -0.39 is 5.82 Å². The molecule has 1 aromatic carbocycles. The van der Waals surface area contributed by atoms with E-state index in [9.17, 15) is 4.39 Å². The van der Waals surface area contributed by atoms with E-state index in [0.717, 1.165) is 10.9 Å². The number of nitrogens with zero attached hydrogens (tertiary/aromatic N) is 2. The minimum atomic E-state index is -0.539. The zero-order valence-corrected chi connectivity index (χ0v) is 10.6. The third kappa shape index (κ3) is 2.31. The fourth-order valence-electron chi connectivity index (χ4n) is 1.91.